The molecule has 0 saturated heterocycles. The number of ether oxygens (including phenoxy) is 1. The second-order valence-electron chi connectivity index (χ2n) is 5.95. The molecule has 0 radical (unpaired) electrons. The number of H-pyrrole nitrogens is 1. The predicted molar refractivity (Wildman–Crippen MR) is 117 cm³/mol. The molecule has 2 aromatic carbocycles. The summed E-state index contributed by atoms with van der Waals surface area (Å²) in [5, 5.41) is 11.3. The van der Waals surface area contributed by atoms with Crippen LogP contribution in [0, 0.1) is 11.6 Å². The monoisotopic (exact) mass is 475 g/mol. The minimum atomic E-state index is -0.734. The number of nitrogens with zero attached hydrogens (tertiary/aromatic N) is 3. The Morgan fingerprint density at radius 1 is 1.13 bits per heavy atom. The first kappa shape index (κ1) is 21.6. The molecule has 2 N–H and O–H groups in total. The number of nitrogens with one attached hydrogen (secondary N) is 2. The van der Waals surface area contributed by atoms with Crippen molar-refractivity contribution in [3.8, 4) is 17.0 Å². The number of hydrogen-bond donors (Lipinski definition) is 2. The summed E-state index contributed by atoms with van der Waals surface area (Å²) >= 11 is 3.45. The summed E-state index contributed by atoms with van der Waals surface area (Å²) in [5.74, 6) is -0.554. The first-order chi connectivity index (χ1) is 14.6. The molecule has 0 unspecified atom stereocenters. The molecular formula is C21H20BrF2N5O. The van der Waals surface area contributed by atoms with Crippen LogP contribution >= 0.6 is 15.9 Å². The van der Waals surface area contributed by atoms with Crippen LogP contribution in [-0.4, -0.2) is 27.3 Å². The Hall–Kier alpha value is -3.07. The van der Waals surface area contributed by atoms with Crippen LogP contribution < -0.4 is 10.1 Å². The standard InChI is InChI=1S/C19H14BrF2N5O.C2H6/c1-28-16-5-2-10(8-20)6-12(16)17-13-9-23-19(25-18(13)27-26-17)24-15-4-3-11(21)7-14(15)22;1-2/h2-7,9H,8H2,1H3,(H2,23,24,25,26,27);1-2H3. The van der Waals surface area contributed by atoms with Crippen molar-refractivity contribution in [2.75, 3.05) is 12.4 Å². The smallest absolute Gasteiger partial charge is 0.229 e. The van der Waals surface area contributed by atoms with Gasteiger partial charge < -0.3 is 10.1 Å². The van der Waals surface area contributed by atoms with Gasteiger partial charge in [0.15, 0.2) is 5.65 Å². The number of aromatic nitrogens is 4. The number of alkyl halides is 1. The Morgan fingerprint density at radius 3 is 2.63 bits per heavy atom. The lowest BCUT2D eigenvalue weighted by Gasteiger charge is -2.09. The predicted octanol–water partition coefficient (Wildman–Crippen LogP) is 5.97. The van der Waals surface area contributed by atoms with Crippen molar-refractivity contribution in [3.05, 3.63) is 59.8 Å². The van der Waals surface area contributed by atoms with Gasteiger partial charge in [0, 0.05) is 23.2 Å². The van der Waals surface area contributed by atoms with E-state index in [1.165, 1.54) is 6.07 Å². The molecule has 0 fully saturated rings. The van der Waals surface area contributed by atoms with Crippen molar-refractivity contribution < 1.29 is 13.5 Å². The van der Waals surface area contributed by atoms with Crippen LogP contribution in [0.1, 0.15) is 19.4 Å². The summed E-state index contributed by atoms with van der Waals surface area (Å²) < 4.78 is 32.3. The molecule has 30 heavy (non-hydrogen) atoms. The van der Waals surface area contributed by atoms with Gasteiger partial charge in [0.25, 0.3) is 0 Å². The van der Waals surface area contributed by atoms with Crippen molar-refractivity contribution in [2.24, 2.45) is 0 Å². The number of hydrogen-bond acceptors (Lipinski definition) is 5. The summed E-state index contributed by atoms with van der Waals surface area (Å²) in [4.78, 5) is 8.53. The molecule has 0 aliphatic heterocycles. The number of methoxy groups -OCH3 is 1. The number of rotatable bonds is 5. The number of fused-ring (bicyclic) bond motifs is 1. The third kappa shape index (κ3) is 4.40. The highest BCUT2D eigenvalue weighted by Gasteiger charge is 2.15. The lowest BCUT2D eigenvalue weighted by Crippen LogP contribution is -1.99. The van der Waals surface area contributed by atoms with Gasteiger partial charge in [-0.1, -0.05) is 35.8 Å². The first-order valence-corrected chi connectivity index (χ1v) is 10.4. The Bertz CT molecular complexity index is 1170. The molecule has 6 nitrogen and oxygen atoms in total. The fraction of sp³-hybridized carbons (Fsp3) is 0.190. The van der Waals surface area contributed by atoms with Crippen molar-refractivity contribution in [3.63, 3.8) is 0 Å². The molecule has 4 rings (SSSR count). The quantitative estimate of drug-likeness (QED) is 0.347. The topological polar surface area (TPSA) is 75.7 Å². The highest BCUT2D eigenvalue weighted by atomic mass is 79.9. The molecule has 0 bridgehead atoms. The highest BCUT2D eigenvalue weighted by molar-refractivity contribution is 9.08. The molecule has 4 aromatic rings. The summed E-state index contributed by atoms with van der Waals surface area (Å²) in [6.07, 6.45) is 1.59. The zero-order valence-electron chi connectivity index (χ0n) is 16.6. The molecule has 2 heterocycles. The van der Waals surface area contributed by atoms with Gasteiger partial charge in [-0.25, -0.2) is 13.8 Å². The van der Waals surface area contributed by atoms with E-state index in [1.54, 1.807) is 13.3 Å². The van der Waals surface area contributed by atoms with Crippen LogP contribution in [0.3, 0.4) is 0 Å². The number of halogens is 3. The Labute approximate surface area is 180 Å². The van der Waals surface area contributed by atoms with Crippen molar-refractivity contribution in [1.29, 1.82) is 0 Å². The molecular weight excluding hydrogens is 456 g/mol. The molecule has 0 saturated carbocycles. The SMILES string of the molecule is CC.COc1ccc(CBr)cc1-c1[nH]nc2nc(Nc3ccc(F)cc3F)ncc12. The van der Waals surface area contributed by atoms with Crippen LogP contribution in [0.5, 0.6) is 5.75 Å². The minimum Gasteiger partial charge on any atom is -0.496 e. The average molecular weight is 476 g/mol. The maximum Gasteiger partial charge on any atom is 0.229 e. The van der Waals surface area contributed by atoms with E-state index in [9.17, 15) is 8.78 Å². The molecule has 9 heteroatoms. The van der Waals surface area contributed by atoms with E-state index in [-0.39, 0.29) is 11.6 Å². The second-order valence-corrected chi connectivity index (χ2v) is 6.51. The van der Waals surface area contributed by atoms with Crippen molar-refractivity contribution >= 4 is 38.6 Å². The fourth-order valence-electron chi connectivity index (χ4n) is 2.81. The molecule has 0 amide bonds. The zero-order valence-corrected chi connectivity index (χ0v) is 18.2. The van der Waals surface area contributed by atoms with Gasteiger partial charge in [0.1, 0.15) is 17.4 Å². The van der Waals surface area contributed by atoms with E-state index < -0.39 is 11.6 Å². The van der Waals surface area contributed by atoms with Gasteiger partial charge in [-0.2, -0.15) is 10.1 Å². The Balaban J connectivity index is 0.00000124. The summed E-state index contributed by atoms with van der Waals surface area (Å²) in [6.45, 7) is 4.00. The van der Waals surface area contributed by atoms with Crippen LogP contribution in [0.15, 0.2) is 42.6 Å². The average Bonchev–Trinajstić information content (AvgIpc) is 3.19. The highest BCUT2D eigenvalue weighted by Crippen LogP contribution is 2.34. The molecule has 0 spiro atoms. The number of aromatic amines is 1. The maximum atomic E-state index is 13.8. The van der Waals surface area contributed by atoms with Crippen LogP contribution in [0.25, 0.3) is 22.3 Å². The Morgan fingerprint density at radius 2 is 1.93 bits per heavy atom. The molecule has 0 aliphatic rings. The van der Waals surface area contributed by atoms with Gasteiger partial charge in [0.2, 0.25) is 5.95 Å². The van der Waals surface area contributed by atoms with Gasteiger partial charge in [0.05, 0.1) is 23.9 Å². The molecule has 156 valence electrons. The first-order valence-electron chi connectivity index (χ1n) is 9.25. The maximum absolute atomic E-state index is 13.8. The van der Waals surface area contributed by atoms with E-state index in [4.69, 9.17) is 4.74 Å². The lowest BCUT2D eigenvalue weighted by atomic mass is 10.1. The third-order valence-electron chi connectivity index (χ3n) is 4.18. The number of anilines is 2. The lowest BCUT2D eigenvalue weighted by molar-refractivity contribution is 0.416. The third-order valence-corrected chi connectivity index (χ3v) is 4.82. The zero-order chi connectivity index (χ0) is 21.7. The largest absolute Gasteiger partial charge is 0.496 e. The summed E-state index contributed by atoms with van der Waals surface area (Å²) in [6, 6.07) is 9.06. The molecule has 2 aromatic heterocycles. The summed E-state index contributed by atoms with van der Waals surface area (Å²) in [7, 11) is 1.60. The van der Waals surface area contributed by atoms with E-state index in [2.05, 4.69) is 41.4 Å². The van der Waals surface area contributed by atoms with Gasteiger partial charge in [-0.05, 0) is 29.8 Å². The normalized spacial score (nSPS) is 10.5. The van der Waals surface area contributed by atoms with Crippen molar-refractivity contribution in [2.45, 2.75) is 19.2 Å². The Kier molecular flexibility index (Phi) is 6.94. The second kappa shape index (κ2) is 9.62. The van der Waals surface area contributed by atoms with Crippen LogP contribution in [-0.2, 0) is 5.33 Å². The van der Waals surface area contributed by atoms with Gasteiger partial charge >= 0.3 is 0 Å². The van der Waals surface area contributed by atoms with E-state index in [0.717, 1.165) is 23.3 Å². The molecule has 0 aliphatic carbocycles. The summed E-state index contributed by atoms with van der Waals surface area (Å²) in [5.41, 5.74) is 3.10. The van der Waals surface area contributed by atoms with Crippen molar-refractivity contribution in [1.82, 2.24) is 20.2 Å². The fourth-order valence-corrected chi connectivity index (χ4v) is 3.16. The van der Waals surface area contributed by atoms with E-state index >= 15 is 0 Å². The van der Waals surface area contributed by atoms with E-state index in [0.29, 0.717) is 27.8 Å². The minimum absolute atomic E-state index is 0.0724. The molecule has 0 atom stereocenters. The van der Waals surface area contributed by atoms with Gasteiger partial charge in [-0.3, -0.25) is 5.10 Å². The van der Waals surface area contributed by atoms with Crippen LogP contribution in [0.4, 0.5) is 20.4 Å². The van der Waals surface area contributed by atoms with Gasteiger partial charge in [-0.15, -0.1) is 0 Å². The number of benzene rings is 2. The van der Waals surface area contributed by atoms with E-state index in [1.807, 2.05) is 32.0 Å². The van der Waals surface area contributed by atoms with Crippen LogP contribution in [0.2, 0.25) is 0 Å².